The highest BCUT2D eigenvalue weighted by Crippen LogP contribution is 2.26. The molecule has 2 nitrogen and oxygen atoms in total. The minimum Gasteiger partial charge on any atom is -0.497 e. The van der Waals surface area contributed by atoms with Crippen molar-refractivity contribution < 1.29 is 9.84 Å². The number of benzene rings is 2. The van der Waals surface area contributed by atoms with E-state index in [2.05, 4.69) is 0 Å². The van der Waals surface area contributed by atoms with Crippen LogP contribution in [-0.2, 0) is 6.42 Å². The average molecular weight is 297 g/mol. The molecule has 0 aliphatic carbocycles. The van der Waals surface area contributed by atoms with Crippen LogP contribution in [0.25, 0.3) is 0 Å². The first kappa shape index (κ1) is 14.2. The van der Waals surface area contributed by atoms with Crippen molar-refractivity contribution in [3.8, 4) is 5.75 Å². The Morgan fingerprint density at radius 1 is 1.11 bits per heavy atom. The van der Waals surface area contributed by atoms with Crippen molar-refractivity contribution >= 4 is 23.2 Å². The topological polar surface area (TPSA) is 29.5 Å². The van der Waals surface area contributed by atoms with E-state index in [1.54, 1.807) is 19.2 Å². The number of hydrogen-bond acceptors (Lipinski definition) is 2. The molecule has 1 N–H and O–H groups in total. The first-order chi connectivity index (χ1) is 9.10. The summed E-state index contributed by atoms with van der Waals surface area (Å²) >= 11 is 11.8. The molecule has 0 heterocycles. The quantitative estimate of drug-likeness (QED) is 0.912. The summed E-state index contributed by atoms with van der Waals surface area (Å²) in [7, 11) is 1.60. The molecule has 0 radical (unpaired) electrons. The Bertz CT molecular complexity index is 570. The first-order valence-electron chi connectivity index (χ1n) is 5.86. The number of methoxy groups -OCH3 is 1. The molecule has 0 aliphatic heterocycles. The van der Waals surface area contributed by atoms with Crippen molar-refractivity contribution in [1.82, 2.24) is 0 Å². The summed E-state index contributed by atoms with van der Waals surface area (Å²) < 4.78 is 5.14. The van der Waals surface area contributed by atoms with Crippen LogP contribution in [0.3, 0.4) is 0 Å². The van der Waals surface area contributed by atoms with E-state index in [1.807, 2.05) is 30.3 Å². The molecule has 1 unspecified atom stereocenters. The maximum atomic E-state index is 10.2. The van der Waals surface area contributed by atoms with Gasteiger partial charge in [-0.3, -0.25) is 0 Å². The second-order valence-electron chi connectivity index (χ2n) is 4.24. The van der Waals surface area contributed by atoms with Crippen molar-refractivity contribution in [2.24, 2.45) is 0 Å². The molecule has 1 atom stereocenters. The lowest BCUT2D eigenvalue weighted by Gasteiger charge is -2.12. The van der Waals surface area contributed by atoms with E-state index in [9.17, 15) is 5.11 Å². The summed E-state index contributed by atoms with van der Waals surface area (Å²) in [6, 6.07) is 12.7. The smallest absolute Gasteiger partial charge is 0.119 e. The summed E-state index contributed by atoms with van der Waals surface area (Å²) in [4.78, 5) is 0. The van der Waals surface area contributed by atoms with Gasteiger partial charge in [0.25, 0.3) is 0 Å². The van der Waals surface area contributed by atoms with Gasteiger partial charge in [0.2, 0.25) is 0 Å². The van der Waals surface area contributed by atoms with Crippen molar-refractivity contribution in [2.75, 3.05) is 7.11 Å². The molecule has 2 aromatic carbocycles. The maximum Gasteiger partial charge on any atom is 0.119 e. The van der Waals surface area contributed by atoms with Crippen molar-refractivity contribution in [3.05, 3.63) is 63.6 Å². The van der Waals surface area contributed by atoms with Gasteiger partial charge >= 0.3 is 0 Å². The minimum absolute atomic E-state index is 0.476. The predicted octanol–water partition coefficient (Wildman–Crippen LogP) is 4.28. The molecule has 0 spiro atoms. The Morgan fingerprint density at radius 3 is 2.58 bits per heavy atom. The van der Waals surface area contributed by atoms with Gasteiger partial charge in [0.1, 0.15) is 5.75 Å². The van der Waals surface area contributed by atoms with Gasteiger partial charge in [-0.25, -0.2) is 0 Å². The van der Waals surface area contributed by atoms with Gasteiger partial charge in [-0.15, -0.1) is 0 Å². The highest BCUT2D eigenvalue weighted by Gasteiger charge is 2.10. The lowest BCUT2D eigenvalue weighted by molar-refractivity contribution is 0.178. The molecule has 0 aliphatic rings. The van der Waals surface area contributed by atoms with E-state index in [0.717, 1.165) is 16.9 Å². The van der Waals surface area contributed by atoms with E-state index >= 15 is 0 Å². The Kier molecular flexibility index (Phi) is 4.70. The molecular formula is C15H14Cl2O2. The van der Waals surface area contributed by atoms with Crippen LogP contribution in [-0.4, -0.2) is 12.2 Å². The predicted molar refractivity (Wildman–Crippen MR) is 78.1 cm³/mol. The average Bonchev–Trinajstić information content (AvgIpc) is 2.43. The van der Waals surface area contributed by atoms with E-state index in [0.29, 0.717) is 16.5 Å². The Morgan fingerprint density at radius 2 is 1.89 bits per heavy atom. The van der Waals surface area contributed by atoms with Crippen molar-refractivity contribution in [2.45, 2.75) is 12.5 Å². The second kappa shape index (κ2) is 6.29. The van der Waals surface area contributed by atoms with Crippen LogP contribution in [0.4, 0.5) is 0 Å². The molecule has 4 heteroatoms. The Balaban J connectivity index is 2.15. The van der Waals surface area contributed by atoms with Gasteiger partial charge in [-0.2, -0.15) is 0 Å². The zero-order valence-electron chi connectivity index (χ0n) is 10.4. The fraction of sp³-hybridized carbons (Fsp3) is 0.200. The molecule has 0 aromatic heterocycles. The van der Waals surface area contributed by atoms with Gasteiger partial charge in [0.05, 0.1) is 23.3 Å². The summed E-state index contributed by atoms with van der Waals surface area (Å²) in [6.07, 6.45) is -0.128. The SMILES string of the molecule is COc1cccc(C(O)Cc2ccc(Cl)c(Cl)c2)c1. The van der Waals surface area contributed by atoms with Gasteiger partial charge < -0.3 is 9.84 Å². The van der Waals surface area contributed by atoms with E-state index in [1.165, 1.54) is 0 Å². The van der Waals surface area contributed by atoms with Crippen molar-refractivity contribution in [1.29, 1.82) is 0 Å². The molecular weight excluding hydrogens is 283 g/mol. The Hall–Kier alpha value is -1.22. The standard InChI is InChI=1S/C15H14Cl2O2/c1-19-12-4-2-3-11(9-12)15(18)8-10-5-6-13(16)14(17)7-10/h2-7,9,15,18H,8H2,1H3. The van der Waals surface area contributed by atoms with Crippen LogP contribution in [0.2, 0.25) is 10.0 Å². The lowest BCUT2D eigenvalue weighted by atomic mass is 10.0. The Labute approximate surface area is 122 Å². The zero-order chi connectivity index (χ0) is 13.8. The fourth-order valence-electron chi connectivity index (χ4n) is 1.86. The number of halogens is 2. The molecule has 0 bridgehead atoms. The third-order valence-electron chi connectivity index (χ3n) is 2.89. The van der Waals surface area contributed by atoms with Crippen LogP contribution < -0.4 is 4.74 Å². The molecule has 100 valence electrons. The zero-order valence-corrected chi connectivity index (χ0v) is 11.9. The third kappa shape index (κ3) is 3.63. The molecule has 19 heavy (non-hydrogen) atoms. The number of aliphatic hydroxyl groups excluding tert-OH is 1. The van der Waals surface area contributed by atoms with Crippen LogP contribution >= 0.6 is 23.2 Å². The highest BCUT2D eigenvalue weighted by atomic mass is 35.5. The fourth-order valence-corrected chi connectivity index (χ4v) is 2.18. The van der Waals surface area contributed by atoms with Gasteiger partial charge in [0, 0.05) is 6.42 Å². The molecule has 0 amide bonds. The highest BCUT2D eigenvalue weighted by molar-refractivity contribution is 6.42. The lowest BCUT2D eigenvalue weighted by Crippen LogP contribution is -2.02. The largest absolute Gasteiger partial charge is 0.497 e. The number of hydrogen-bond donors (Lipinski definition) is 1. The first-order valence-corrected chi connectivity index (χ1v) is 6.61. The molecule has 0 saturated heterocycles. The summed E-state index contributed by atoms with van der Waals surface area (Å²) in [6.45, 7) is 0. The van der Waals surface area contributed by atoms with E-state index in [4.69, 9.17) is 27.9 Å². The van der Waals surface area contributed by atoms with Crippen LogP contribution in [0.15, 0.2) is 42.5 Å². The summed E-state index contributed by atoms with van der Waals surface area (Å²) in [5.74, 6) is 0.727. The van der Waals surface area contributed by atoms with Crippen LogP contribution in [0.5, 0.6) is 5.75 Å². The minimum atomic E-state index is -0.604. The summed E-state index contributed by atoms with van der Waals surface area (Å²) in [5, 5.41) is 11.2. The number of aliphatic hydroxyl groups is 1. The summed E-state index contributed by atoms with van der Waals surface area (Å²) in [5.41, 5.74) is 1.75. The third-order valence-corrected chi connectivity index (χ3v) is 3.63. The van der Waals surface area contributed by atoms with E-state index < -0.39 is 6.10 Å². The molecule has 2 rings (SSSR count). The monoisotopic (exact) mass is 296 g/mol. The van der Waals surface area contributed by atoms with Crippen LogP contribution in [0.1, 0.15) is 17.2 Å². The molecule has 0 fully saturated rings. The van der Waals surface area contributed by atoms with Gasteiger partial charge in [-0.1, -0.05) is 41.4 Å². The normalized spacial score (nSPS) is 12.2. The van der Waals surface area contributed by atoms with E-state index in [-0.39, 0.29) is 0 Å². The number of rotatable bonds is 4. The maximum absolute atomic E-state index is 10.2. The van der Waals surface area contributed by atoms with Gasteiger partial charge in [0.15, 0.2) is 0 Å². The second-order valence-corrected chi connectivity index (χ2v) is 5.06. The van der Waals surface area contributed by atoms with Crippen molar-refractivity contribution in [3.63, 3.8) is 0 Å². The molecule has 2 aromatic rings. The molecule has 0 saturated carbocycles. The van der Waals surface area contributed by atoms with Crippen LogP contribution in [0, 0.1) is 0 Å². The number of ether oxygens (including phenoxy) is 1. The van der Waals surface area contributed by atoms with Gasteiger partial charge in [-0.05, 0) is 35.4 Å².